The van der Waals surface area contributed by atoms with Gasteiger partial charge in [-0.2, -0.15) is 5.26 Å². The number of aryl methyl sites for hydroxylation is 2. The fraction of sp³-hybridized carbons (Fsp3) is 0.453. The molecule has 4 fully saturated rings. The van der Waals surface area contributed by atoms with E-state index in [1.54, 1.807) is 23.9 Å². The van der Waals surface area contributed by atoms with Crippen molar-refractivity contribution in [3.63, 3.8) is 0 Å². The standard InChI is InChI=1S/C53H62N12O4/c1-33-30-61(31-36-5-11-44-47(27-36)60(4)53(69)65(44)45-12-14-49(66)58-51(45)67)25-26-64(33)32-35-16-21-63(22-17-35)52(68)39-8-6-37(7-9-39)38-18-23-62(24-19-38)34(2)46-28-42-40(15-20-56-50(42)59(46)3)41-10-13-48(55)57-43(41)29-54/h5-11,13,15,20,27-28,33-35,38,45H,12,14,16-19,21-26,30-32H2,1-4H3,(H2,55,57)(H,58,66,67)/t33-,34-,45?/m0/s1. The number of amides is 3. The number of rotatable bonds is 10. The molecular formula is C53H62N12O4. The van der Waals surface area contributed by atoms with Gasteiger partial charge >= 0.3 is 5.69 Å². The SMILES string of the molecule is C[C@H]1CN(Cc2ccc3c(c2)n(C)c(=O)n3C2CCC(=O)NC2=O)CCN1CC1CCN(C(=O)c2ccc(C3CCN([C@@H](C)c4cc5c(-c6ccc(N)nc6C#N)ccnc5n4C)CC3)cc2)CC1. The molecule has 8 heterocycles. The van der Waals surface area contributed by atoms with Crippen LogP contribution < -0.4 is 16.7 Å². The van der Waals surface area contributed by atoms with E-state index < -0.39 is 11.9 Å². The molecule has 3 N–H and O–H groups in total. The first-order valence-electron chi connectivity index (χ1n) is 24.6. The predicted molar refractivity (Wildman–Crippen MR) is 265 cm³/mol. The number of benzene rings is 2. The number of hydrogen-bond acceptors (Lipinski definition) is 11. The predicted octanol–water partition coefficient (Wildman–Crippen LogP) is 5.72. The van der Waals surface area contributed by atoms with Gasteiger partial charge in [-0.1, -0.05) is 18.2 Å². The van der Waals surface area contributed by atoms with E-state index in [0.29, 0.717) is 41.3 Å². The Morgan fingerprint density at radius 3 is 2.36 bits per heavy atom. The minimum absolute atomic E-state index is 0.125. The number of nitrogens with two attached hydrogens (primary N) is 1. The summed E-state index contributed by atoms with van der Waals surface area (Å²) in [6, 6.07) is 24.3. The summed E-state index contributed by atoms with van der Waals surface area (Å²) in [5.74, 6) is 0.717. The Morgan fingerprint density at radius 1 is 0.870 bits per heavy atom. The largest absolute Gasteiger partial charge is 0.384 e. The number of aromatic nitrogens is 5. The third-order valence-corrected chi connectivity index (χ3v) is 15.7. The number of nitrogens with zero attached hydrogens (tertiary/aromatic N) is 10. The van der Waals surface area contributed by atoms with Crippen molar-refractivity contribution in [1.29, 1.82) is 5.26 Å². The number of carbonyl (C=O) groups excluding carboxylic acids is 3. The quantitative estimate of drug-likeness (QED) is 0.160. The molecule has 2 aromatic carbocycles. The lowest BCUT2D eigenvalue weighted by atomic mass is 9.88. The van der Waals surface area contributed by atoms with Crippen LogP contribution in [0.25, 0.3) is 33.2 Å². The van der Waals surface area contributed by atoms with Crippen molar-refractivity contribution < 1.29 is 14.4 Å². The number of anilines is 1. The molecule has 0 saturated carbocycles. The molecular weight excluding hydrogens is 869 g/mol. The van der Waals surface area contributed by atoms with E-state index in [0.717, 1.165) is 123 Å². The molecule has 4 saturated heterocycles. The summed E-state index contributed by atoms with van der Waals surface area (Å²) in [7, 11) is 3.80. The molecule has 1 unspecified atom stereocenters. The molecule has 3 atom stereocenters. The third kappa shape index (κ3) is 8.95. The number of imide groups is 1. The van der Waals surface area contributed by atoms with Gasteiger partial charge in [-0.3, -0.25) is 43.5 Å². The number of fused-ring (bicyclic) bond motifs is 2. The van der Waals surface area contributed by atoms with Gasteiger partial charge in [-0.15, -0.1) is 0 Å². The second kappa shape index (κ2) is 19.0. The number of hydrogen-bond donors (Lipinski definition) is 2. The van der Waals surface area contributed by atoms with Crippen LogP contribution in [0.15, 0.2) is 77.7 Å². The smallest absolute Gasteiger partial charge is 0.329 e. The molecule has 3 amide bonds. The van der Waals surface area contributed by atoms with Gasteiger partial charge in [0.2, 0.25) is 11.8 Å². The van der Waals surface area contributed by atoms with E-state index in [4.69, 9.17) is 10.7 Å². The highest BCUT2D eigenvalue weighted by molar-refractivity contribution is 6.00. The molecule has 16 nitrogen and oxygen atoms in total. The van der Waals surface area contributed by atoms with Gasteiger partial charge in [0.25, 0.3) is 5.91 Å². The van der Waals surface area contributed by atoms with E-state index in [1.807, 2.05) is 35.2 Å². The Morgan fingerprint density at radius 2 is 1.64 bits per heavy atom. The monoisotopic (exact) mass is 931 g/mol. The molecule has 0 spiro atoms. The fourth-order valence-electron chi connectivity index (χ4n) is 11.7. The highest BCUT2D eigenvalue weighted by Crippen LogP contribution is 2.37. The maximum absolute atomic E-state index is 13.7. The van der Waals surface area contributed by atoms with E-state index in [2.05, 4.69) is 86.9 Å². The summed E-state index contributed by atoms with van der Waals surface area (Å²) in [4.78, 5) is 70.1. The minimum atomic E-state index is -0.692. The number of carbonyl (C=O) groups is 3. The van der Waals surface area contributed by atoms with Crippen LogP contribution in [0.1, 0.15) is 103 Å². The lowest BCUT2D eigenvalue weighted by Crippen LogP contribution is -2.53. The fourth-order valence-corrected chi connectivity index (χ4v) is 11.7. The topological polar surface area (TPSA) is 184 Å². The molecule has 4 aliphatic heterocycles. The number of piperidine rings is 3. The van der Waals surface area contributed by atoms with Gasteiger partial charge in [0.15, 0.2) is 5.69 Å². The average molecular weight is 931 g/mol. The zero-order valence-corrected chi connectivity index (χ0v) is 40.1. The lowest BCUT2D eigenvalue weighted by Gasteiger charge is -2.42. The van der Waals surface area contributed by atoms with Crippen LogP contribution in [0.5, 0.6) is 0 Å². The van der Waals surface area contributed by atoms with Crippen LogP contribution in [-0.2, 0) is 30.2 Å². The normalized spacial score (nSPS) is 20.9. The molecule has 10 rings (SSSR count). The summed E-state index contributed by atoms with van der Waals surface area (Å²) in [5.41, 5.74) is 14.3. The zero-order valence-electron chi connectivity index (χ0n) is 40.1. The van der Waals surface area contributed by atoms with Gasteiger partial charge in [0.05, 0.1) is 11.0 Å². The molecule has 358 valence electrons. The van der Waals surface area contributed by atoms with Crippen LogP contribution >= 0.6 is 0 Å². The number of piperazine rings is 1. The first-order valence-corrected chi connectivity index (χ1v) is 24.6. The molecule has 69 heavy (non-hydrogen) atoms. The Balaban J connectivity index is 0.685. The van der Waals surface area contributed by atoms with Crippen molar-refractivity contribution in [2.75, 3.05) is 58.1 Å². The summed E-state index contributed by atoms with van der Waals surface area (Å²) in [6.45, 7) is 12.7. The number of pyridine rings is 2. The van der Waals surface area contributed by atoms with E-state index in [-0.39, 0.29) is 30.0 Å². The second-order valence-electron chi connectivity index (χ2n) is 19.9. The minimum Gasteiger partial charge on any atom is -0.384 e. The first kappa shape index (κ1) is 46.1. The summed E-state index contributed by atoms with van der Waals surface area (Å²) in [5, 5.41) is 13.2. The number of nitrogen functional groups attached to an aromatic ring is 1. The molecule has 0 radical (unpaired) electrons. The zero-order chi connectivity index (χ0) is 48.1. The van der Waals surface area contributed by atoms with Gasteiger partial charge in [-0.05, 0) is 136 Å². The van der Waals surface area contributed by atoms with Crippen molar-refractivity contribution in [3.8, 4) is 17.2 Å². The van der Waals surface area contributed by atoms with Crippen LogP contribution in [0, 0.1) is 17.2 Å². The first-order chi connectivity index (χ1) is 33.3. The molecule has 0 aliphatic carbocycles. The molecule has 4 aromatic heterocycles. The third-order valence-electron chi connectivity index (χ3n) is 15.7. The maximum atomic E-state index is 13.7. The van der Waals surface area contributed by atoms with Crippen LogP contribution in [0.4, 0.5) is 5.82 Å². The maximum Gasteiger partial charge on any atom is 0.329 e. The van der Waals surface area contributed by atoms with E-state index >= 15 is 0 Å². The number of nitrogens with one attached hydrogen (secondary N) is 1. The lowest BCUT2D eigenvalue weighted by molar-refractivity contribution is -0.135. The average Bonchev–Trinajstić information content (AvgIpc) is 3.83. The van der Waals surface area contributed by atoms with Gasteiger partial charge in [-0.25, -0.2) is 14.8 Å². The van der Waals surface area contributed by atoms with Crippen molar-refractivity contribution >= 4 is 45.6 Å². The van der Waals surface area contributed by atoms with Crippen LogP contribution in [0.3, 0.4) is 0 Å². The summed E-state index contributed by atoms with van der Waals surface area (Å²) in [6.07, 6.45) is 6.41. The van der Waals surface area contributed by atoms with Crippen LogP contribution in [-0.4, -0.2) is 119 Å². The van der Waals surface area contributed by atoms with Crippen molar-refractivity contribution in [1.82, 2.24) is 48.6 Å². The van der Waals surface area contributed by atoms with Crippen LogP contribution in [0.2, 0.25) is 0 Å². The van der Waals surface area contributed by atoms with Crippen molar-refractivity contribution in [2.45, 2.75) is 83.0 Å². The molecule has 4 aliphatic rings. The Hall–Kier alpha value is -6.67. The Bertz CT molecular complexity index is 3040. The highest BCUT2D eigenvalue weighted by Gasteiger charge is 2.33. The van der Waals surface area contributed by atoms with E-state index in [1.165, 1.54) is 15.8 Å². The number of likely N-dealkylation sites (tertiary alicyclic amines) is 2. The van der Waals surface area contributed by atoms with Gasteiger partial charge in [0, 0.05) is 107 Å². The Kier molecular flexibility index (Phi) is 12.7. The molecule has 0 bridgehead atoms. The number of imidazole rings is 1. The summed E-state index contributed by atoms with van der Waals surface area (Å²) >= 11 is 0. The van der Waals surface area contributed by atoms with Crippen molar-refractivity contribution in [2.24, 2.45) is 20.0 Å². The Labute approximate surface area is 402 Å². The second-order valence-corrected chi connectivity index (χ2v) is 19.9. The number of nitriles is 1. The highest BCUT2D eigenvalue weighted by atomic mass is 16.2. The van der Waals surface area contributed by atoms with Crippen molar-refractivity contribution in [3.05, 3.63) is 111 Å². The molecule has 16 heteroatoms. The van der Waals surface area contributed by atoms with Gasteiger partial charge in [0.1, 0.15) is 23.6 Å². The summed E-state index contributed by atoms with van der Waals surface area (Å²) < 4.78 is 5.30. The van der Waals surface area contributed by atoms with Gasteiger partial charge < -0.3 is 15.2 Å². The van der Waals surface area contributed by atoms with E-state index in [9.17, 15) is 24.4 Å². The molecule has 6 aromatic rings.